The number of anilines is 1. The van der Waals surface area contributed by atoms with E-state index in [1.165, 1.54) is 6.07 Å². The van der Waals surface area contributed by atoms with E-state index in [-0.39, 0.29) is 22.9 Å². The first-order valence-corrected chi connectivity index (χ1v) is 8.19. The topological polar surface area (TPSA) is 74.8 Å². The van der Waals surface area contributed by atoms with Crippen molar-refractivity contribution in [3.05, 3.63) is 64.2 Å². The third kappa shape index (κ3) is 3.62. The molecule has 5 nitrogen and oxygen atoms in total. The van der Waals surface area contributed by atoms with Gasteiger partial charge in [0.25, 0.3) is 5.56 Å². The lowest BCUT2D eigenvalue weighted by atomic mass is 10.2. The van der Waals surface area contributed by atoms with Gasteiger partial charge in [-0.05, 0) is 36.8 Å². The van der Waals surface area contributed by atoms with E-state index >= 15 is 0 Å². The van der Waals surface area contributed by atoms with Crippen LogP contribution in [0.4, 0.5) is 10.1 Å². The maximum Gasteiger partial charge on any atom is 0.259 e. The van der Waals surface area contributed by atoms with Gasteiger partial charge in [-0.15, -0.1) is 0 Å². The molecule has 0 saturated heterocycles. The summed E-state index contributed by atoms with van der Waals surface area (Å²) in [6, 6.07) is 11.5. The molecule has 7 heteroatoms. The van der Waals surface area contributed by atoms with Gasteiger partial charge >= 0.3 is 0 Å². The summed E-state index contributed by atoms with van der Waals surface area (Å²) in [5, 5.41) is 3.36. The summed E-state index contributed by atoms with van der Waals surface area (Å²) in [6.45, 7) is 1.81. The number of hydrogen-bond acceptors (Lipinski definition) is 4. The number of fused-ring (bicyclic) bond motifs is 1. The summed E-state index contributed by atoms with van der Waals surface area (Å²) in [4.78, 5) is 30.9. The fourth-order valence-corrected chi connectivity index (χ4v) is 2.86. The fourth-order valence-electron chi connectivity index (χ4n) is 2.19. The van der Waals surface area contributed by atoms with Gasteiger partial charge in [0.1, 0.15) is 5.82 Å². The molecule has 0 unspecified atom stereocenters. The Kier molecular flexibility index (Phi) is 4.61. The number of rotatable bonds is 4. The average molecular weight is 343 g/mol. The molecule has 24 heavy (non-hydrogen) atoms. The highest BCUT2D eigenvalue weighted by Gasteiger charge is 2.10. The van der Waals surface area contributed by atoms with Crippen LogP contribution in [0.15, 0.2) is 52.4 Å². The number of aryl methyl sites for hydroxylation is 1. The van der Waals surface area contributed by atoms with E-state index in [4.69, 9.17) is 0 Å². The van der Waals surface area contributed by atoms with Crippen molar-refractivity contribution in [3.63, 3.8) is 0 Å². The minimum Gasteiger partial charge on any atom is -0.323 e. The quantitative estimate of drug-likeness (QED) is 0.564. The summed E-state index contributed by atoms with van der Waals surface area (Å²) in [5.74, 6) is -0.856. The minimum absolute atomic E-state index is 0.00859. The maximum atomic E-state index is 13.6. The monoisotopic (exact) mass is 343 g/mol. The first kappa shape index (κ1) is 16.2. The molecule has 0 aliphatic rings. The van der Waals surface area contributed by atoms with Crippen LogP contribution in [0.3, 0.4) is 0 Å². The molecule has 2 N–H and O–H groups in total. The van der Waals surface area contributed by atoms with Gasteiger partial charge in [-0.2, -0.15) is 0 Å². The SMILES string of the molecule is Cc1ccc(F)c(NC(=O)CSc2nc3ccccc3c(=O)[nH]2)c1. The summed E-state index contributed by atoms with van der Waals surface area (Å²) in [7, 11) is 0. The molecule has 0 radical (unpaired) electrons. The normalized spacial score (nSPS) is 10.8. The number of carbonyl (C=O) groups is 1. The summed E-state index contributed by atoms with van der Waals surface area (Å²) >= 11 is 1.09. The van der Waals surface area contributed by atoms with Crippen molar-refractivity contribution in [3.8, 4) is 0 Å². The number of halogens is 1. The van der Waals surface area contributed by atoms with Crippen LogP contribution >= 0.6 is 11.8 Å². The molecule has 0 saturated carbocycles. The number of nitrogens with one attached hydrogen (secondary N) is 2. The highest BCUT2D eigenvalue weighted by molar-refractivity contribution is 7.99. The zero-order valence-electron chi connectivity index (χ0n) is 12.8. The average Bonchev–Trinajstić information content (AvgIpc) is 2.56. The van der Waals surface area contributed by atoms with E-state index in [1.54, 1.807) is 36.4 Å². The second kappa shape index (κ2) is 6.84. The zero-order valence-corrected chi connectivity index (χ0v) is 13.6. The van der Waals surface area contributed by atoms with E-state index in [0.717, 1.165) is 17.3 Å². The third-order valence-corrected chi connectivity index (χ3v) is 4.20. The van der Waals surface area contributed by atoms with Crippen LogP contribution in [0.5, 0.6) is 0 Å². The van der Waals surface area contributed by atoms with E-state index < -0.39 is 5.82 Å². The van der Waals surface area contributed by atoms with Crippen LogP contribution in [0.1, 0.15) is 5.56 Å². The first-order valence-electron chi connectivity index (χ1n) is 7.21. The minimum atomic E-state index is -0.490. The van der Waals surface area contributed by atoms with Gasteiger partial charge < -0.3 is 10.3 Å². The Morgan fingerprint density at radius 2 is 2.08 bits per heavy atom. The molecule has 3 rings (SSSR count). The number of hydrogen-bond donors (Lipinski definition) is 2. The van der Waals surface area contributed by atoms with Crippen molar-refractivity contribution in [1.29, 1.82) is 0 Å². The molecular formula is C17H14FN3O2S. The van der Waals surface area contributed by atoms with Gasteiger partial charge in [0.15, 0.2) is 5.16 Å². The third-order valence-electron chi connectivity index (χ3n) is 3.33. The van der Waals surface area contributed by atoms with Gasteiger partial charge in [0, 0.05) is 0 Å². The number of amides is 1. The molecule has 0 bridgehead atoms. The van der Waals surface area contributed by atoms with Crippen LogP contribution in [0.25, 0.3) is 10.9 Å². The number of nitrogens with zero attached hydrogens (tertiary/aromatic N) is 1. The molecule has 122 valence electrons. The molecule has 0 aliphatic heterocycles. The van der Waals surface area contributed by atoms with E-state index in [0.29, 0.717) is 16.1 Å². The molecule has 3 aromatic rings. The van der Waals surface area contributed by atoms with Crippen molar-refractivity contribution in [2.24, 2.45) is 0 Å². The van der Waals surface area contributed by atoms with Crippen LogP contribution in [-0.4, -0.2) is 21.6 Å². The summed E-state index contributed by atoms with van der Waals surface area (Å²) < 4.78 is 13.6. The number of thioether (sulfide) groups is 1. The lowest BCUT2D eigenvalue weighted by Gasteiger charge is -2.07. The molecule has 1 amide bonds. The first-order chi connectivity index (χ1) is 11.5. The predicted octanol–water partition coefficient (Wildman–Crippen LogP) is 3.10. The number of para-hydroxylation sites is 1. The van der Waals surface area contributed by atoms with Crippen molar-refractivity contribution in [2.45, 2.75) is 12.1 Å². The summed E-state index contributed by atoms with van der Waals surface area (Å²) in [5.41, 5.74) is 1.29. The van der Waals surface area contributed by atoms with E-state index in [9.17, 15) is 14.0 Å². The smallest absolute Gasteiger partial charge is 0.259 e. The molecule has 0 aliphatic carbocycles. The number of H-pyrrole nitrogens is 1. The maximum absolute atomic E-state index is 13.6. The molecule has 1 aromatic heterocycles. The Morgan fingerprint density at radius 3 is 2.92 bits per heavy atom. The van der Waals surface area contributed by atoms with Crippen LogP contribution in [0, 0.1) is 12.7 Å². The number of benzene rings is 2. The second-order valence-electron chi connectivity index (χ2n) is 5.21. The van der Waals surface area contributed by atoms with Crippen molar-refractivity contribution in [2.75, 3.05) is 11.1 Å². The lowest BCUT2D eigenvalue weighted by molar-refractivity contribution is -0.113. The molecule has 0 spiro atoms. The molecule has 2 aromatic carbocycles. The van der Waals surface area contributed by atoms with Gasteiger partial charge in [-0.1, -0.05) is 30.0 Å². The standard InChI is InChI=1S/C17H14FN3O2S/c1-10-6-7-12(18)14(8-10)19-15(22)9-24-17-20-13-5-3-2-4-11(13)16(23)21-17/h2-8H,9H2,1H3,(H,19,22)(H,20,21,23). The van der Waals surface area contributed by atoms with E-state index in [2.05, 4.69) is 15.3 Å². The molecule has 0 atom stereocenters. The molecular weight excluding hydrogens is 329 g/mol. The highest BCUT2D eigenvalue weighted by Crippen LogP contribution is 2.18. The molecule has 0 fully saturated rings. The number of aromatic nitrogens is 2. The van der Waals surface area contributed by atoms with Crippen LogP contribution in [0.2, 0.25) is 0 Å². The lowest BCUT2D eigenvalue weighted by Crippen LogP contribution is -2.16. The van der Waals surface area contributed by atoms with Gasteiger partial charge in [-0.25, -0.2) is 9.37 Å². The predicted molar refractivity (Wildman–Crippen MR) is 92.9 cm³/mol. The highest BCUT2D eigenvalue weighted by atomic mass is 32.2. The van der Waals surface area contributed by atoms with Gasteiger partial charge in [-0.3, -0.25) is 9.59 Å². The Hall–Kier alpha value is -2.67. The number of carbonyl (C=O) groups excluding carboxylic acids is 1. The Labute approximate surface area is 141 Å². The van der Waals surface area contributed by atoms with Gasteiger partial charge in [0.05, 0.1) is 22.3 Å². The van der Waals surface area contributed by atoms with Crippen LogP contribution in [-0.2, 0) is 4.79 Å². The van der Waals surface area contributed by atoms with Crippen molar-refractivity contribution < 1.29 is 9.18 Å². The van der Waals surface area contributed by atoms with Gasteiger partial charge in [0.2, 0.25) is 5.91 Å². The summed E-state index contributed by atoms with van der Waals surface area (Å²) in [6.07, 6.45) is 0. The Morgan fingerprint density at radius 1 is 1.29 bits per heavy atom. The largest absolute Gasteiger partial charge is 0.323 e. The van der Waals surface area contributed by atoms with Crippen molar-refractivity contribution in [1.82, 2.24) is 9.97 Å². The zero-order chi connectivity index (χ0) is 17.1. The molecule has 1 heterocycles. The Bertz CT molecular complexity index is 971. The van der Waals surface area contributed by atoms with Crippen molar-refractivity contribution >= 4 is 34.3 Å². The number of aromatic amines is 1. The van der Waals surface area contributed by atoms with E-state index in [1.807, 2.05) is 6.92 Å². The second-order valence-corrected chi connectivity index (χ2v) is 6.17. The fraction of sp³-hybridized carbons (Fsp3) is 0.118. The van der Waals surface area contributed by atoms with Crippen LogP contribution < -0.4 is 10.9 Å². The Balaban J connectivity index is 1.70.